The highest BCUT2D eigenvalue weighted by molar-refractivity contribution is 5.75. The third-order valence-electron chi connectivity index (χ3n) is 2.13. The minimum atomic E-state index is 0.451. The summed E-state index contributed by atoms with van der Waals surface area (Å²) in [5.41, 5.74) is 1.03. The van der Waals surface area contributed by atoms with Crippen molar-refractivity contribution >= 4 is 11.0 Å². The zero-order chi connectivity index (χ0) is 9.42. The molecule has 0 aliphatic rings. The van der Waals surface area contributed by atoms with Crippen LogP contribution < -0.4 is 0 Å². The van der Waals surface area contributed by atoms with Crippen LogP contribution in [0, 0.1) is 6.92 Å². The Bertz CT molecular complexity index is 429. The molecule has 0 saturated heterocycles. The molecule has 13 heavy (non-hydrogen) atoms. The summed E-state index contributed by atoms with van der Waals surface area (Å²) in [6, 6.07) is 2.50. The topological polar surface area (TPSA) is 30.7 Å². The zero-order valence-electron chi connectivity index (χ0n) is 8.15. The van der Waals surface area contributed by atoms with Crippen LogP contribution in [0.25, 0.3) is 11.0 Å². The Morgan fingerprint density at radius 1 is 1.38 bits per heavy atom. The Morgan fingerprint density at radius 3 is 2.85 bits per heavy atom. The maximum absolute atomic E-state index is 4.41. The largest absolute Gasteiger partial charge is 0.330 e. The molecule has 0 amide bonds. The van der Waals surface area contributed by atoms with E-state index in [4.69, 9.17) is 0 Å². The molecule has 0 N–H and O–H groups in total. The van der Waals surface area contributed by atoms with Crippen molar-refractivity contribution in [3.8, 4) is 0 Å². The summed E-state index contributed by atoms with van der Waals surface area (Å²) in [5.74, 6) is 0.827. The minimum Gasteiger partial charge on any atom is -0.330 e. The lowest BCUT2D eigenvalue weighted by atomic mass is 10.4. The number of rotatable bonds is 1. The number of aryl methyl sites for hydroxylation is 1. The van der Waals surface area contributed by atoms with E-state index in [1.165, 1.54) is 0 Å². The van der Waals surface area contributed by atoms with Crippen molar-refractivity contribution < 1.29 is 0 Å². The highest BCUT2D eigenvalue weighted by Gasteiger charge is 2.05. The van der Waals surface area contributed by atoms with Crippen LogP contribution in [-0.4, -0.2) is 14.5 Å². The average Bonchev–Trinajstić information content (AvgIpc) is 2.46. The van der Waals surface area contributed by atoms with E-state index >= 15 is 0 Å². The molecule has 0 aliphatic carbocycles. The monoisotopic (exact) mass is 175 g/mol. The summed E-state index contributed by atoms with van der Waals surface area (Å²) in [6.45, 7) is 6.21. The molecule has 0 aromatic carbocycles. The Hall–Kier alpha value is -1.38. The van der Waals surface area contributed by atoms with Crippen molar-refractivity contribution in [1.82, 2.24) is 14.5 Å². The fraction of sp³-hybridized carbons (Fsp3) is 0.400. The van der Waals surface area contributed by atoms with E-state index < -0.39 is 0 Å². The number of aromatic nitrogens is 3. The first-order valence-electron chi connectivity index (χ1n) is 4.48. The molecule has 3 nitrogen and oxygen atoms in total. The lowest BCUT2D eigenvalue weighted by molar-refractivity contribution is 0.617. The smallest absolute Gasteiger partial charge is 0.143 e. The first-order valence-corrected chi connectivity index (χ1v) is 4.48. The van der Waals surface area contributed by atoms with Gasteiger partial charge < -0.3 is 4.57 Å². The van der Waals surface area contributed by atoms with Crippen LogP contribution in [-0.2, 0) is 0 Å². The highest BCUT2D eigenvalue weighted by atomic mass is 15.1. The van der Waals surface area contributed by atoms with Gasteiger partial charge in [-0.05, 0) is 26.8 Å². The Labute approximate surface area is 77.4 Å². The molecule has 0 aliphatic heterocycles. The van der Waals surface area contributed by atoms with Gasteiger partial charge in [-0.1, -0.05) is 0 Å². The molecule has 0 saturated carbocycles. The third-order valence-corrected chi connectivity index (χ3v) is 2.13. The summed E-state index contributed by atoms with van der Waals surface area (Å²) < 4.78 is 2.16. The number of nitrogens with zero attached hydrogens (tertiary/aromatic N) is 3. The molecule has 0 atom stereocenters. The molecule has 0 radical (unpaired) electrons. The van der Waals surface area contributed by atoms with Crippen molar-refractivity contribution in [3.05, 3.63) is 24.3 Å². The second-order valence-corrected chi connectivity index (χ2v) is 3.51. The van der Waals surface area contributed by atoms with Gasteiger partial charge in [0.2, 0.25) is 0 Å². The van der Waals surface area contributed by atoms with E-state index in [1.807, 2.05) is 13.1 Å². The van der Waals surface area contributed by atoms with E-state index in [-0.39, 0.29) is 0 Å². The molecule has 0 unspecified atom stereocenters. The van der Waals surface area contributed by atoms with Crippen molar-refractivity contribution in [3.63, 3.8) is 0 Å². The van der Waals surface area contributed by atoms with Gasteiger partial charge in [0.05, 0.1) is 0 Å². The van der Waals surface area contributed by atoms with Crippen molar-refractivity contribution in [2.24, 2.45) is 0 Å². The van der Waals surface area contributed by atoms with Crippen LogP contribution in [0.1, 0.15) is 25.7 Å². The molecule has 0 spiro atoms. The Morgan fingerprint density at radius 2 is 2.15 bits per heavy atom. The predicted octanol–water partition coefficient (Wildman–Crippen LogP) is 2.32. The maximum Gasteiger partial charge on any atom is 0.143 e. The SMILES string of the molecule is Cc1ncc2ccn(C(C)C)c2n1. The second-order valence-electron chi connectivity index (χ2n) is 3.51. The summed E-state index contributed by atoms with van der Waals surface area (Å²) >= 11 is 0. The normalized spacial score (nSPS) is 11.4. The summed E-state index contributed by atoms with van der Waals surface area (Å²) in [6.07, 6.45) is 3.93. The van der Waals surface area contributed by atoms with E-state index in [0.29, 0.717) is 6.04 Å². The standard InChI is InChI=1S/C10H13N3/c1-7(2)13-5-4-9-6-11-8(3)12-10(9)13/h4-7H,1-3H3. The molecule has 2 rings (SSSR count). The van der Waals surface area contributed by atoms with Crippen LogP contribution in [0.5, 0.6) is 0 Å². The van der Waals surface area contributed by atoms with Gasteiger partial charge in [0.15, 0.2) is 0 Å². The summed E-state index contributed by atoms with van der Waals surface area (Å²) in [5, 5.41) is 1.11. The maximum atomic E-state index is 4.41. The highest BCUT2D eigenvalue weighted by Crippen LogP contribution is 2.16. The van der Waals surface area contributed by atoms with Gasteiger partial charge in [-0.25, -0.2) is 9.97 Å². The number of hydrogen-bond acceptors (Lipinski definition) is 2. The second kappa shape index (κ2) is 2.83. The third kappa shape index (κ3) is 1.30. The first kappa shape index (κ1) is 8.23. The van der Waals surface area contributed by atoms with E-state index in [2.05, 4.69) is 40.6 Å². The Kier molecular flexibility index (Phi) is 1.79. The molecule has 0 fully saturated rings. The fourth-order valence-corrected chi connectivity index (χ4v) is 1.44. The minimum absolute atomic E-state index is 0.451. The average molecular weight is 175 g/mol. The summed E-state index contributed by atoms with van der Waals surface area (Å²) in [4.78, 5) is 8.56. The van der Waals surface area contributed by atoms with Gasteiger partial charge in [-0.3, -0.25) is 0 Å². The lowest BCUT2D eigenvalue weighted by Crippen LogP contribution is -2.00. The van der Waals surface area contributed by atoms with Crippen LogP contribution in [0.4, 0.5) is 0 Å². The van der Waals surface area contributed by atoms with Crippen LogP contribution in [0.3, 0.4) is 0 Å². The van der Waals surface area contributed by atoms with Crippen LogP contribution in [0.2, 0.25) is 0 Å². The summed E-state index contributed by atoms with van der Waals surface area (Å²) in [7, 11) is 0. The molecule has 2 heterocycles. The molecular formula is C10H13N3. The Balaban J connectivity index is 2.71. The van der Waals surface area contributed by atoms with Crippen LogP contribution >= 0.6 is 0 Å². The molecule has 2 aromatic heterocycles. The lowest BCUT2D eigenvalue weighted by Gasteiger charge is -2.07. The van der Waals surface area contributed by atoms with Crippen molar-refractivity contribution in [1.29, 1.82) is 0 Å². The fourth-order valence-electron chi connectivity index (χ4n) is 1.44. The van der Waals surface area contributed by atoms with E-state index in [9.17, 15) is 0 Å². The molecule has 2 aromatic rings. The molecular weight excluding hydrogens is 162 g/mol. The zero-order valence-corrected chi connectivity index (χ0v) is 8.15. The van der Waals surface area contributed by atoms with E-state index in [1.54, 1.807) is 0 Å². The van der Waals surface area contributed by atoms with Crippen LogP contribution in [0.15, 0.2) is 18.5 Å². The quantitative estimate of drug-likeness (QED) is 0.666. The molecule has 0 bridgehead atoms. The first-order chi connectivity index (χ1) is 6.18. The van der Waals surface area contributed by atoms with Gasteiger partial charge in [0, 0.05) is 23.8 Å². The molecule has 3 heteroatoms. The van der Waals surface area contributed by atoms with Gasteiger partial charge in [0.1, 0.15) is 11.5 Å². The number of fused-ring (bicyclic) bond motifs is 1. The van der Waals surface area contributed by atoms with Crippen molar-refractivity contribution in [2.45, 2.75) is 26.8 Å². The van der Waals surface area contributed by atoms with Gasteiger partial charge >= 0.3 is 0 Å². The van der Waals surface area contributed by atoms with Gasteiger partial charge in [-0.15, -0.1) is 0 Å². The molecule has 68 valence electrons. The van der Waals surface area contributed by atoms with E-state index in [0.717, 1.165) is 16.9 Å². The number of hydrogen-bond donors (Lipinski definition) is 0. The van der Waals surface area contributed by atoms with Gasteiger partial charge in [-0.2, -0.15) is 0 Å². The van der Waals surface area contributed by atoms with Gasteiger partial charge in [0.25, 0.3) is 0 Å². The predicted molar refractivity (Wildman–Crippen MR) is 52.7 cm³/mol. The van der Waals surface area contributed by atoms with Crippen molar-refractivity contribution in [2.75, 3.05) is 0 Å².